The van der Waals surface area contributed by atoms with E-state index >= 15 is 0 Å². The zero-order valence-corrected chi connectivity index (χ0v) is 18.0. The van der Waals surface area contributed by atoms with Crippen LogP contribution < -0.4 is 14.8 Å². The first kappa shape index (κ1) is 20.9. The summed E-state index contributed by atoms with van der Waals surface area (Å²) in [6.45, 7) is 4.04. The Morgan fingerprint density at radius 3 is 2.71 bits per heavy atom. The molecule has 1 atom stereocenters. The number of anilines is 1. The normalized spacial score (nSPS) is 16.7. The van der Waals surface area contributed by atoms with Gasteiger partial charge in [0.05, 0.1) is 23.5 Å². The topological polar surface area (TPSA) is 142 Å². The number of sulfonamides is 1. The van der Waals surface area contributed by atoms with Crippen LogP contribution in [0.25, 0.3) is 11.4 Å². The van der Waals surface area contributed by atoms with Crippen molar-refractivity contribution >= 4 is 21.6 Å². The van der Waals surface area contributed by atoms with Crippen LogP contribution >= 0.6 is 0 Å². The standard InChI is InChI=1S/C20H21N5O5S/c1-11-7-12(2)22-20(29-3)17(11)18-23-19(30-24-18)13-8-16(26)25(10-13)14-5-4-6-15(9-14)31(21,27)28/h4-7,9,13H,8,10H2,1-3H3,(H2,21,27,28)/t13-/m0/s1. The molecule has 3 heterocycles. The van der Waals surface area contributed by atoms with Gasteiger partial charge in [0.15, 0.2) is 0 Å². The molecule has 1 fully saturated rings. The number of carbonyl (C=O) groups is 1. The Balaban J connectivity index is 1.62. The summed E-state index contributed by atoms with van der Waals surface area (Å²) in [7, 11) is -2.35. The first-order valence-corrected chi connectivity index (χ1v) is 11.0. The Kier molecular flexibility index (Phi) is 5.23. The van der Waals surface area contributed by atoms with Crippen LogP contribution in [0.5, 0.6) is 5.88 Å². The second-order valence-electron chi connectivity index (χ2n) is 7.37. The molecule has 0 saturated carbocycles. The monoisotopic (exact) mass is 443 g/mol. The Labute approximate surface area is 179 Å². The highest BCUT2D eigenvalue weighted by molar-refractivity contribution is 7.89. The lowest BCUT2D eigenvalue weighted by Crippen LogP contribution is -2.24. The Bertz CT molecular complexity index is 1270. The smallest absolute Gasteiger partial charge is 0.238 e. The summed E-state index contributed by atoms with van der Waals surface area (Å²) in [5.74, 6) is 0.530. The van der Waals surface area contributed by atoms with Crippen molar-refractivity contribution in [3.8, 4) is 17.3 Å². The number of benzene rings is 1. The Morgan fingerprint density at radius 2 is 2.00 bits per heavy atom. The summed E-state index contributed by atoms with van der Waals surface area (Å²) < 4.78 is 34.1. The fourth-order valence-electron chi connectivity index (χ4n) is 3.68. The maximum Gasteiger partial charge on any atom is 0.238 e. The number of amides is 1. The number of rotatable bonds is 5. The minimum Gasteiger partial charge on any atom is -0.480 e. The van der Waals surface area contributed by atoms with E-state index in [2.05, 4.69) is 15.1 Å². The molecule has 1 amide bonds. The molecule has 162 valence electrons. The van der Waals surface area contributed by atoms with Gasteiger partial charge in [-0.2, -0.15) is 4.98 Å². The average molecular weight is 443 g/mol. The van der Waals surface area contributed by atoms with Gasteiger partial charge >= 0.3 is 0 Å². The molecule has 10 nitrogen and oxygen atoms in total. The molecular formula is C20H21N5O5S. The highest BCUT2D eigenvalue weighted by Gasteiger charge is 2.36. The summed E-state index contributed by atoms with van der Waals surface area (Å²) in [6.07, 6.45) is 0.156. The number of primary sulfonamides is 1. The van der Waals surface area contributed by atoms with Crippen LogP contribution in [0.2, 0.25) is 0 Å². The van der Waals surface area contributed by atoms with Crippen LogP contribution in [0.3, 0.4) is 0 Å². The largest absolute Gasteiger partial charge is 0.480 e. The van der Waals surface area contributed by atoms with Crippen molar-refractivity contribution in [2.24, 2.45) is 5.14 Å². The summed E-state index contributed by atoms with van der Waals surface area (Å²) in [5, 5.41) is 9.27. The Hall–Kier alpha value is -3.31. The third kappa shape index (κ3) is 4.01. The van der Waals surface area contributed by atoms with Crippen molar-refractivity contribution < 1.29 is 22.5 Å². The fourth-order valence-corrected chi connectivity index (χ4v) is 4.23. The van der Waals surface area contributed by atoms with Gasteiger partial charge in [-0.15, -0.1) is 0 Å². The van der Waals surface area contributed by atoms with Crippen molar-refractivity contribution in [3.05, 3.63) is 47.5 Å². The summed E-state index contributed by atoms with van der Waals surface area (Å²) >= 11 is 0. The summed E-state index contributed by atoms with van der Waals surface area (Å²) in [5.41, 5.74) is 2.77. The lowest BCUT2D eigenvalue weighted by atomic mass is 10.1. The van der Waals surface area contributed by atoms with Crippen LogP contribution in [0.1, 0.15) is 29.5 Å². The third-order valence-corrected chi connectivity index (χ3v) is 6.01. The molecule has 1 aromatic carbocycles. The van der Waals surface area contributed by atoms with Gasteiger partial charge < -0.3 is 14.2 Å². The first-order chi connectivity index (χ1) is 14.7. The molecule has 0 radical (unpaired) electrons. The molecule has 1 saturated heterocycles. The molecule has 31 heavy (non-hydrogen) atoms. The number of hydrogen-bond donors (Lipinski definition) is 1. The molecule has 1 aliphatic rings. The lowest BCUT2D eigenvalue weighted by molar-refractivity contribution is -0.117. The van der Waals surface area contributed by atoms with Crippen LogP contribution in [-0.4, -0.2) is 43.1 Å². The van der Waals surface area contributed by atoms with Crippen molar-refractivity contribution in [3.63, 3.8) is 0 Å². The third-order valence-electron chi connectivity index (χ3n) is 5.10. The van der Waals surface area contributed by atoms with Crippen LogP contribution in [0.15, 0.2) is 39.8 Å². The quantitative estimate of drug-likeness (QED) is 0.630. The fraction of sp³-hybridized carbons (Fsp3) is 0.300. The molecule has 2 aromatic heterocycles. The predicted molar refractivity (Wildman–Crippen MR) is 111 cm³/mol. The molecule has 1 aliphatic heterocycles. The number of aryl methyl sites for hydroxylation is 2. The van der Waals surface area contributed by atoms with Crippen molar-refractivity contribution in [2.75, 3.05) is 18.6 Å². The number of nitrogens with zero attached hydrogens (tertiary/aromatic N) is 4. The van der Waals surface area contributed by atoms with E-state index in [0.29, 0.717) is 28.8 Å². The Morgan fingerprint density at radius 1 is 1.23 bits per heavy atom. The molecule has 0 bridgehead atoms. The molecule has 0 aliphatic carbocycles. The van der Waals surface area contributed by atoms with E-state index in [4.69, 9.17) is 14.4 Å². The van der Waals surface area contributed by atoms with E-state index in [0.717, 1.165) is 11.3 Å². The number of hydrogen-bond acceptors (Lipinski definition) is 8. The van der Waals surface area contributed by atoms with E-state index in [1.807, 2.05) is 19.9 Å². The molecule has 11 heteroatoms. The number of ether oxygens (including phenoxy) is 1. The highest BCUT2D eigenvalue weighted by atomic mass is 32.2. The summed E-state index contributed by atoms with van der Waals surface area (Å²) in [4.78, 5) is 22.9. The number of pyridine rings is 1. The first-order valence-electron chi connectivity index (χ1n) is 9.47. The van der Waals surface area contributed by atoms with Gasteiger partial charge in [0.1, 0.15) is 0 Å². The predicted octanol–water partition coefficient (Wildman–Crippen LogP) is 1.92. The maximum atomic E-state index is 12.6. The zero-order valence-electron chi connectivity index (χ0n) is 17.2. The average Bonchev–Trinajstić information content (AvgIpc) is 3.33. The van der Waals surface area contributed by atoms with Crippen molar-refractivity contribution in [1.29, 1.82) is 0 Å². The van der Waals surface area contributed by atoms with Crippen LogP contribution in [0, 0.1) is 13.8 Å². The minimum absolute atomic E-state index is 0.0595. The number of nitrogens with two attached hydrogens (primary N) is 1. The second-order valence-corrected chi connectivity index (χ2v) is 8.93. The van der Waals surface area contributed by atoms with Gasteiger partial charge in [-0.1, -0.05) is 11.2 Å². The van der Waals surface area contributed by atoms with E-state index < -0.39 is 10.0 Å². The van der Waals surface area contributed by atoms with Gasteiger partial charge in [-0.25, -0.2) is 18.5 Å². The molecule has 3 aromatic rings. The van der Waals surface area contributed by atoms with Crippen LogP contribution in [0.4, 0.5) is 5.69 Å². The molecular weight excluding hydrogens is 422 g/mol. The molecule has 0 unspecified atom stereocenters. The van der Waals surface area contributed by atoms with Gasteiger partial charge in [-0.3, -0.25) is 4.79 Å². The molecule has 0 spiro atoms. The van der Waals surface area contributed by atoms with Crippen molar-refractivity contribution in [1.82, 2.24) is 15.1 Å². The van der Waals surface area contributed by atoms with E-state index in [1.54, 1.807) is 12.1 Å². The van der Waals surface area contributed by atoms with E-state index in [-0.39, 0.29) is 29.7 Å². The number of carbonyl (C=O) groups excluding carboxylic acids is 1. The number of aromatic nitrogens is 3. The SMILES string of the molecule is COc1nc(C)cc(C)c1-c1noc([C@H]2CC(=O)N(c3cccc(S(N)(=O)=O)c3)C2)n1. The van der Waals surface area contributed by atoms with Gasteiger partial charge in [-0.05, 0) is 43.7 Å². The zero-order chi connectivity index (χ0) is 22.3. The minimum atomic E-state index is -3.88. The van der Waals surface area contributed by atoms with E-state index in [1.165, 1.54) is 24.1 Å². The lowest BCUT2D eigenvalue weighted by Gasteiger charge is -2.16. The van der Waals surface area contributed by atoms with Crippen LogP contribution in [-0.2, 0) is 14.8 Å². The molecule has 4 rings (SSSR count). The van der Waals surface area contributed by atoms with Gasteiger partial charge in [0.25, 0.3) is 0 Å². The van der Waals surface area contributed by atoms with Crippen molar-refractivity contribution in [2.45, 2.75) is 31.1 Å². The summed E-state index contributed by atoms with van der Waals surface area (Å²) in [6, 6.07) is 7.85. The second kappa shape index (κ2) is 7.75. The highest BCUT2D eigenvalue weighted by Crippen LogP contribution is 2.35. The van der Waals surface area contributed by atoms with Gasteiger partial charge in [0, 0.05) is 24.3 Å². The van der Waals surface area contributed by atoms with Gasteiger partial charge in [0.2, 0.25) is 33.5 Å². The maximum absolute atomic E-state index is 12.6. The van der Waals surface area contributed by atoms with E-state index in [9.17, 15) is 13.2 Å². The molecule has 2 N–H and O–H groups in total. The number of methoxy groups -OCH3 is 1.